The second-order valence-corrected chi connectivity index (χ2v) is 7.28. The van der Waals surface area contributed by atoms with E-state index in [1.54, 1.807) is 66.0 Å². The number of anilines is 2. The Kier molecular flexibility index (Phi) is 4.72. The topological polar surface area (TPSA) is 78.5 Å². The lowest BCUT2D eigenvalue weighted by Gasteiger charge is -2.16. The number of imide groups is 1. The average molecular weight is 407 g/mol. The van der Waals surface area contributed by atoms with Crippen molar-refractivity contribution in [1.82, 2.24) is 5.32 Å². The van der Waals surface area contributed by atoms with Gasteiger partial charge in [-0.3, -0.25) is 19.7 Å². The molecule has 2 heterocycles. The smallest absolute Gasteiger partial charge is 0.267 e. The van der Waals surface area contributed by atoms with Crippen LogP contribution < -0.4 is 15.5 Å². The molecule has 1 aliphatic rings. The molecule has 0 atom stereocenters. The average Bonchev–Trinajstić information content (AvgIpc) is 3.30. The van der Waals surface area contributed by atoms with E-state index in [-0.39, 0.29) is 22.8 Å². The molecule has 1 aromatic heterocycles. The molecule has 4 rings (SSSR count). The van der Waals surface area contributed by atoms with E-state index in [0.717, 1.165) is 4.90 Å². The molecule has 2 N–H and O–H groups in total. The van der Waals surface area contributed by atoms with Crippen molar-refractivity contribution in [2.45, 2.75) is 0 Å². The molecule has 2 aromatic carbocycles. The molecule has 3 aromatic rings. The summed E-state index contributed by atoms with van der Waals surface area (Å²) < 4.78 is 0. The van der Waals surface area contributed by atoms with Gasteiger partial charge < -0.3 is 5.32 Å². The summed E-state index contributed by atoms with van der Waals surface area (Å²) in [5.41, 5.74) is 1.73. The van der Waals surface area contributed by atoms with E-state index in [9.17, 15) is 14.4 Å². The first-order valence-corrected chi connectivity index (χ1v) is 9.57. The molecular weight excluding hydrogens is 394 g/mol. The number of hydrogen-bond acceptors (Lipinski definition) is 5. The van der Waals surface area contributed by atoms with Crippen LogP contribution in [0.15, 0.2) is 66.0 Å². The minimum Gasteiger partial charge on any atom is -0.332 e. The number of carbonyl (C=O) groups is 3. The van der Waals surface area contributed by atoms with Crippen LogP contribution in [-0.4, -0.2) is 22.8 Å². The summed E-state index contributed by atoms with van der Waals surface area (Å²) in [4.78, 5) is 39.0. The lowest BCUT2D eigenvalue weighted by Crippen LogP contribution is -2.34. The van der Waals surface area contributed by atoms with Gasteiger partial charge in [0.1, 0.15) is 0 Å². The standard InChI is InChI=1S/C20H13N3O3S2/c24-17(16-9-4-10-28-16)22-20(27)21-12-5-3-6-13(11-12)23-18(25)14-7-1-2-8-15(14)19(23)26/h1-11H,(H2,21,22,24,27). The van der Waals surface area contributed by atoms with Gasteiger partial charge >= 0.3 is 0 Å². The number of thiophene rings is 1. The van der Waals surface area contributed by atoms with Crippen LogP contribution in [0.3, 0.4) is 0 Å². The van der Waals surface area contributed by atoms with E-state index < -0.39 is 0 Å². The summed E-state index contributed by atoms with van der Waals surface area (Å²) in [6, 6.07) is 16.9. The third-order valence-electron chi connectivity index (χ3n) is 4.13. The third kappa shape index (κ3) is 3.30. The van der Waals surface area contributed by atoms with Crippen LogP contribution in [0.2, 0.25) is 0 Å². The first-order chi connectivity index (χ1) is 13.5. The molecule has 0 radical (unpaired) electrons. The minimum absolute atomic E-state index is 0.123. The molecule has 6 nitrogen and oxygen atoms in total. The Morgan fingerprint density at radius 1 is 0.929 bits per heavy atom. The maximum atomic E-state index is 12.6. The maximum absolute atomic E-state index is 12.6. The number of thiocarbonyl (C=S) groups is 1. The molecule has 8 heteroatoms. The summed E-state index contributed by atoms with van der Waals surface area (Å²) in [5.74, 6) is -1.04. The minimum atomic E-state index is -0.369. The van der Waals surface area contributed by atoms with E-state index in [2.05, 4.69) is 10.6 Å². The van der Waals surface area contributed by atoms with E-state index in [4.69, 9.17) is 12.2 Å². The van der Waals surface area contributed by atoms with E-state index in [0.29, 0.717) is 27.4 Å². The monoisotopic (exact) mass is 407 g/mol. The second kappa shape index (κ2) is 7.34. The van der Waals surface area contributed by atoms with Crippen molar-refractivity contribution in [2.24, 2.45) is 0 Å². The number of nitrogens with zero attached hydrogens (tertiary/aromatic N) is 1. The van der Waals surface area contributed by atoms with Crippen molar-refractivity contribution in [3.05, 3.63) is 82.0 Å². The lowest BCUT2D eigenvalue weighted by atomic mass is 10.1. The summed E-state index contributed by atoms with van der Waals surface area (Å²) in [6.07, 6.45) is 0. The van der Waals surface area contributed by atoms with Gasteiger partial charge in [0.2, 0.25) is 0 Å². The SMILES string of the molecule is O=C(NC(=S)Nc1cccc(N2C(=O)c3ccccc3C2=O)c1)c1cccs1. The van der Waals surface area contributed by atoms with Crippen molar-refractivity contribution >= 4 is 57.8 Å². The molecule has 0 unspecified atom stereocenters. The van der Waals surface area contributed by atoms with Crippen LogP contribution in [0.4, 0.5) is 11.4 Å². The molecule has 3 amide bonds. The van der Waals surface area contributed by atoms with Crippen molar-refractivity contribution < 1.29 is 14.4 Å². The maximum Gasteiger partial charge on any atom is 0.267 e. The zero-order valence-electron chi connectivity index (χ0n) is 14.3. The largest absolute Gasteiger partial charge is 0.332 e. The number of nitrogens with one attached hydrogen (secondary N) is 2. The quantitative estimate of drug-likeness (QED) is 0.512. The van der Waals surface area contributed by atoms with Gasteiger partial charge in [0.25, 0.3) is 17.7 Å². The Morgan fingerprint density at radius 3 is 2.29 bits per heavy atom. The van der Waals surface area contributed by atoms with Crippen LogP contribution >= 0.6 is 23.6 Å². The molecule has 0 aliphatic carbocycles. The highest BCUT2D eigenvalue weighted by Gasteiger charge is 2.36. The number of rotatable bonds is 3. The predicted octanol–water partition coefficient (Wildman–Crippen LogP) is 3.68. The number of carbonyl (C=O) groups excluding carboxylic acids is 3. The van der Waals surface area contributed by atoms with Gasteiger partial charge in [-0.05, 0) is 54.0 Å². The fourth-order valence-electron chi connectivity index (χ4n) is 2.88. The van der Waals surface area contributed by atoms with Gasteiger partial charge in [0, 0.05) is 5.69 Å². The van der Waals surface area contributed by atoms with E-state index >= 15 is 0 Å². The summed E-state index contributed by atoms with van der Waals surface area (Å²) >= 11 is 6.49. The molecule has 0 fully saturated rings. The van der Waals surface area contributed by atoms with Gasteiger partial charge in [-0.25, -0.2) is 4.90 Å². The number of fused-ring (bicyclic) bond motifs is 1. The second-order valence-electron chi connectivity index (χ2n) is 5.93. The Labute approximate surface area is 169 Å². The first kappa shape index (κ1) is 18.0. The Morgan fingerprint density at radius 2 is 1.64 bits per heavy atom. The van der Waals surface area contributed by atoms with Crippen LogP contribution in [0.25, 0.3) is 0 Å². The van der Waals surface area contributed by atoms with E-state index in [1.807, 2.05) is 0 Å². The first-order valence-electron chi connectivity index (χ1n) is 8.28. The summed E-state index contributed by atoms with van der Waals surface area (Å²) in [6.45, 7) is 0. The molecule has 0 spiro atoms. The predicted molar refractivity (Wildman–Crippen MR) is 112 cm³/mol. The van der Waals surface area contributed by atoms with E-state index in [1.165, 1.54) is 11.3 Å². The highest BCUT2D eigenvalue weighted by atomic mass is 32.1. The molecule has 28 heavy (non-hydrogen) atoms. The molecule has 0 saturated heterocycles. The number of hydrogen-bond donors (Lipinski definition) is 2. The molecule has 1 aliphatic heterocycles. The molecule has 138 valence electrons. The van der Waals surface area contributed by atoms with Crippen LogP contribution in [-0.2, 0) is 0 Å². The number of amides is 3. The highest BCUT2D eigenvalue weighted by Crippen LogP contribution is 2.29. The van der Waals surface area contributed by atoms with Crippen molar-refractivity contribution in [3.63, 3.8) is 0 Å². The van der Waals surface area contributed by atoms with Crippen LogP contribution in [0, 0.1) is 0 Å². The van der Waals surface area contributed by atoms with Gasteiger partial charge in [-0.15, -0.1) is 11.3 Å². The Balaban J connectivity index is 1.51. The normalized spacial score (nSPS) is 12.6. The molecule has 0 bridgehead atoms. The zero-order chi connectivity index (χ0) is 19.7. The fraction of sp³-hybridized carbons (Fsp3) is 0. The number of benzene rings is 2. The Hall–Kier alpha value is -3.36. The van der Waals surface area contributed by atoms with Crippen molar-refractivity contribution in [2.75, 3.05) is 10.2 Å². The van der Waals surface area contributed by atoms with Gasteiger partial charge in [0.05, 0.1) is 21.7 Å². The van der Waals surface area contributed by atoms with Crippen LogP contribution in [0.5, 0.6) is 0 Å². The molecular formula is C20H13N3O3S2. The van der Waals surface area contributed by atoms with Gasteiger partial charge in [-0.1, -0.05) is 24.3 Å². The summed E-state index contributed by atoms with van der Waals surface area (Å²) in [5, 5.41) is 7.43. The fourth-order valence-corrected chi connectivity index (χ4v) is 3.71. The Bertz CT molecular complexity index is 1070. The van der Waals surface area contributed by atoms with Crippen molar-refractivity contribution in [1.29, 1.82) is 0 Å². The molecule has 0 saturated carbocycles. The highest BCUT2D eigenvalue weighted by molar-refractivity contribution is 7.80. The van der Waals surface area contributed by atoms with Crippen molar-refractivity contribution in [3.8, 4) is 0 Å². The zero-order valence-corrected chi connectivity index (χ0v) is 16.0. The van der Waals surface area contributed by atoms with Gasteiger partial charge in [-0.2, -0.15) is 0 Å². The van der Waals surface area contributed by atoms with Crippen LogP contribution in [0.1, 0.15) is 30.4 Å². The van der Waals surface area contributed by atoms with Gasteiger partial charge in [0.15, 0.2) is 5.11 Å². The summed E-state index contributed by atoms with van der Waals surface area (Å²) in [7, 11) is 0. The lowest BCUT2D eigenvalue weighted by molar-refractivity contribution is 0.0924. The third-order valence-corrected chi connectivity index (χ3v) is 5.20.